The zero-order valence-corrected chi connectivity index (χ0v) is 9.24. The van der Waals surface area contributed by atoms with Gasteiger partial charge >= 0.3 is 6.18 Å². The van der Waals surface area contributed by atoms with Crippen LogP contribution in [0.2, 0.25) is 0 Å². The Balaban J connectivity index is 2.43. The van der Waals surface area contributed by atoms with Crippen molar-refractivity contribution in [3.8, 4) is 0 Å². The summed E-state index contributed by atoms with van der Waals surface area (Å²) < 4.78 is 38.1. The van der Waals surface area contributed by atoms with Gasteiger partial charge in [-0.2, -0.15) is 13.2 Å². The van der Waals surface area contributed by atoms with Crippen LogP contribution >= 0.6 is 0 Å². The fourth-order valence-corrected chi connectivity index (χ4v) is 2.53. The number of halogens is 3. The molecule has 0 bridgehead atoms. The fourth-order valence-electron chi connectivity index (χ4n) is 2.53. The lowest BCUT2D eigenvalue weighted by Gasteiger charge is -2.33. The molecule has 90 valence electrons. The van der Waals surface area contributed by atoms with Crippen molar-refractivity contribution in [1.29, 1.82) is 0 Å². The molecule has 15 heavy (non-hydrogen) atoms. The highest BCUT2D eigenvalue weighted by Gasteiger charge is 2.44. The summed E-state index contributed by atoms with van der Waals surface area (Å²) in [6.07, 6.45) is 0.397. The lowest BCUT2D eigenvalue weighted by atomic mass is 9.76. The van der Waals surface area contributed by atoms with Crippen molar-refractivity contribution in [2.75, 3.05) is 13.6 Å². The molecule has 0 aromatic carbocycles. The summed E-state index contributed by atoms with van der Waals surface area (Å²) in [5, 5.41) is 2.98. The van der Waals surface area contributed by atoms with Crippen molar-refractivity contribution in [3.05, 3.63) is 0 Å². The molecule has 1 saturated carbocycles. The van der Waals surface area contributed by atoms with Gasteiger partial charge in [-0.05, 0) is 45.2 Å². The first-order chi connectivity index (χ1) is 7.05. The van der Waals surface area contributed by atoms with E-state index in [1.54, 1.807) is 0 Å². The third-order valence-electron chi connectivity index (χ3n) is 3.33. The largest absolute Gasteiger partial charge is 0.392 e. The van der Waals surface area contributed by atoms with Gasteiger partial charge in [-0.3, -0.25) is 0 Å². The quantitative estimate of drug-likeness (QED) is 0.721. The van der Waals surface area contributed by atoms with E-state index in [1.165, 1.54) is 0 Å². The normalized spacial score (nSPS) is 28.0. The van der Waals surface area contributed by atoms with Crippen LogP contribution in [-0.2, 0) is 0 Å². The Hall–Kier alpha value is -0.250. The summed E-state index contributed by atoms with van der Waals surface area (Å²) in [4.78, 5) is 0. The van der Waals surface area contributed by atoms with Crippen LogP contribution in [0.4, 0.5) is 13.2 Å². The third kappa shape index (κ3) is 4.01. The summed E-state index contributed by atoms with van der Waals surface area (Å²) in [5.41, 5.74) is 0. The predicted octanol–water partition coefficient (Wildman–Crippen LogP) is 3.35. The van der Waals surface area contributed by atoms with E-state index >= 15 is 0 Å². The molecule has 1 rings (SSSR count). The number of alkyl halides is 3. The second kappa shape index (κ2) is 5.73. The van der Waals surface area contributed by atoms with Crippen LogP contribution in [-0.4, -0.2) is 19.8 Å². The molecule has 0 saturated heterocycles. The topological polar surface area (TPSA) is 12.0 Å². The standard InChI is InChI=1S/C11H20F3N/c1-15-8-4-6-9-5-2-3-7-10(9)11(12,13)14/h9-10,15H,2-8H2,1H3. The molecule has 0 spiro atoms. The van der Waals surface area contributed by atoms with Gasteiger partial charge in [0.25, 0.3) is 0 Å². The molecule has 2 atom stereocenters. The van der Waals surface area contributed by atoms with E-state index in [0.29, 0.717) is 12.8 Å². The molecule has 0 aromatic rings. The third-order valence-corrected chi connectivity index (χ3v) is 3.33. The summed E-state index contributed by atoms with van der Waals surface area (Å²) in [7, 11) is 1.84. The fraction of sp³-hybridized carbons (Fsp3) is 1.00. The van der Waals surface area contributed by atoms with Crippen molar-refractivity contribution >= 4 is 0 Å². The molecule has 1 nitrogen and oxygen atoms in total. The Kier molecular flexibility index (Phi) is 4.90. The van der Waals surface area contributed by atoms with E-state index in [1.807, 2.05) is 7.05 Å². The first-order valence-electron chi connectivity index (χ1n) is 5.77. The molecule has 0 heterocycles. The highest BCUT2D eigenvalue weighted by molar-refractivity contribution is 4.80. The summed E-state index contributed by atoms with van der Waals surface area (Å²) in [6.45, 7) is 0.821. The molecule has 0 amide bonds. The molecule has 2 unspecified atom stereocenters. The average Bonchev–Trinajstić information content (AvgIpc) is 2.17. The van der Waals surface area contributed by atoms with E-state index in [9.17, 15) is 13.2 Å². The Labute approximate surface area is 89.4 Å². The second-order valence-corrected chi connectivity index (χ2v) is 4.44. The predicted molar refractivity (Wildman–Crippen MR) is 54.7 cm³/mol. The number of hydrogen-bond acceptors (Lipinski definition) is 1. The SMILES string of the molecule is CNCCCC1CCCCC1C(F)(F)F. The minimum atomic E-state index is -3.98. The Morgan fingerprint density at radius 1 is 1.20 bits per heavy atom. The Morgan fingerprint density at radius 3 is 2.47 bits per heavy atom. The van der Waals surface area contributed by atoms with Gasteiger partial charge in [0.15, 0.2) is 0 Å². The van der Waals surface area contributed by atoms with Gasteiger partial charge in [0.1, 0.15) is 0 Å². The van der Waals surface area contributed by atoms with Crippen molar-refractivity contribution in [2.24, 2.45) is 11.8 Å². The first-order valence-corrected chi connectivity index (χ1v) is 5.77. The average molecular weight is 223 g/mol. The van der Waals surface area contributed by atoms with Crippen molar-refractivity contribution in [2.45, 2.75) is 44.7 Å². The van der Waals surface area contributed by atoms with Gasteiger partial charge in [-0.1, -0.05) is 12.8 Å². The maximum absolute atomic E-state index is 12.7. The summed E-state index contributed by atoms with van der Waals surface area (Å²) in [5.74, 6) is -1.17. The smallest absolute Gasteiger partial charge is 0.320 e. The zero-order valence-electron chi connectivity index (χ0n) is 9.24. The van der Waals surface area contributed by atoms with E-state index < -0.39 is 12.1 Å². The molecule has 1 aliphatic carbocycles. The second-order valence-electron chi connectivity index (χ2n) is 4.44. The van der Waals surface area contributed by atoms with Crippen LogP contribution in [0.1, 0.15) is 38.5 Å². The van der Waals surface area contributed by atoms with E-state index in [-0.39, 0.29) is 5.92 Å². The molecular formula is C11H20F3N. The van der Waals surface area contributed by atoms with Crippen LogP contribution < -0.4 is 5.32 Å². The number of rotatable bonds is 4. The monoisotopic (exact) mass is 223 g/mol. The Bertz CT molecular complexity index is 179. The zero-order chi connectivity index (χ0) is 11.3. The molecule has 0 aromatic heterocycles. The highest BCUT2D eigenvalue weighted by atomic mass is 19.4. The minimum absolute atomic E-state index is 0.132. The molecule has 1 N–H and O–H groups in total. The van der Waals surface area contributed by atoms with E-state index in [0.717, 1.165) is 32.2 Å². The minimum Gasteiger partial charge on any atom is -0.320 e. The van der Waals surface area contributed by atoms with Gasteiger partial charge in [0, 0.05) is 0 Å². The van der Waals surface area contributed by atoms with Gasteiger partial charge in [0.05, 0.1) is 5.92 Å². The van der Waals surface area contributed by atoms with Crippen LogP contribution in [0.15, 0.2) is 0 Å². The van der Waals surface area contributed by atoms with Gasteiger partial charge in [-0.25, -0.2) is 0 Å². The lowest BCUT2D eigenvalue weighted by molar-refractivity contribution is -0.196. The first kappa shape index (κ1) is 12.8. The molecule has 1 fully saturated rings. The maximum atomic E-state index is 12.7. The van der Waals surface area contributed by atoms with Crippen LogP contribution in [0.5, 0.6) is 0 Å². The van der Waals surface area contributed by atoms with Crippen LogP contribution in [0, 0.1) is 11.8 Å². The van der Waals surface area contributed by atoms with E-state index in [4.69, 9.17) is 0 Å². The van der Waals surface area contributed by atoms with Crippen molar-refractivity contribution in [3.63, 3.8) is 0 Å². The van der Waals surface area contributed by atoms with Crippen LogP contribution in [0.25, 0.3) is 0 Å². The maximum Gasteiger partial charge on any atom is 0.392 e. The number of nitrogens with one attached hydrogen (secondary N) is 1. The summed E-state index contributed by atoms with van der Waals surface area (Å²) >= 11 is 0. The summed E-state index contributed by atoms with van der Waals surface area (Å²) in [6, 6.07) is 0. The lowest BCUT2D eigenvalue weighted by Crippen LogP contribution is -2.33. The Morgan fingerprint density at radius 2 is 1.87 bits per heavy atom. The van der Waals surface area contributed by atoms with E-state index in [2.05, 4.69) is 5.32 Å². The molecule has 4 heteroatoms. The molecule has 0 aliphatic heterocycles. The van der Waals surface area contributed by atoms with Crippen LogP contribution in [0.3, 0.4) is 0 Å². The highest BCUT2D eigenvalue weighted by Crippen LogP contribution is 2.43. The van der Waals surface area contributed by atoms with Gasteiger partial charge in [0.2, 0.25) is 0 Å². The number of hydrogen-bond donors (Lipinski definition) is 1. The van der Waals surface area contributed by atoms with Crippen molar-refractivity contribution in [1.82, 2.24) is 5.32 Å². The van der Waals surface area contributed by atoms with Gasteiger partial charge < -0.3 is 5.32 Å². The van der Waals surface area contributed by atoms with Crippen molar-refractivity contribution < 1.29 is 13.2 Å². The molecule has 1 aliphatic rings. The van der Waals surface area contributed by atoms with Gasteiger partial charge in [-0.15, -0.1) is 0 Å². The molecular weight excluding hydrogens is 203 g/mol. The molecule has 0 radical (unpaired) electrons.